The molecule has 2 N–H and O–H groups in total. The maximum atomic E-state index is 8.40. The van der Waals surface area contributed by atoms with Crippen molar-refractivity contribution in [1.29, 1.82) is 0 Å². The van der Waals surface area contributed by atoms with Gasteiger partial charge in [-0.3, -0.25) is 4.79 Å². The van der Waals surface area contributed by atoms with Gasteiger partial charge in [-0.25, -0.2) is 0 Å². The summed E-state index contributed by atoms with van der Waals surface area (Å²) in [5, 5.41) is 28.1. The van der Waals surface area contributed by atoms with Crippen LogP contribution < -0.4 is 0 Å². The van der Waals surface area contributed by atoms with Gasteiger partial charge in [-0.1, -0.05) is 354 Å². The van der Waals surface area contributed by atoms with E-state index in [1.165, 1.54) is 184 Å². The molecule has 0 aliphatic heterocycles. The van der Waals surface area contributed by atoms with Gasteiger partial charge in [0.1, 0.15) is 0 Å². The fourth-order valence-corrected chi connectivity index (χ4v) is 19.9. The summed E-state index contributed by atoms with van der Waals surface area (Å²) in [6.45, 7) is 16.9. The zero-order chi connectivity index (χ0) is 87.4. The van der Waals surface area contributed by atoms with Gasteiger partial charge in [0.2, 0.25) is 0 Å². The second-order valence-electron chi connectivity index (χ2n) is 34.9. The molecule has 3 aliphatic rings. The summed E-state index contributed by atoms with van der Waals surface area (Å²) in [5.74, 6) is 0.250. The minimum atomic E-state index is -0.0146. The van der Waals surface area contributed by atoms with Crippen molar-refractivity contribution in [2.45, 2.75) is 84.5 Å². The first-order valence-electron chi connectivity index (χ1n) is 44.2. The van der Waals surface area contributed by atoms with E-state index >= 15 is 0 Å². The van der Waals surface area contributed by atoms with E-state index in [-0.39, 0.29) is 108 Å². The van der Waals surface area contributed by atoms with Crippen molar-refractivity contribution in [3.8, 4) is 101 Å². The second-order valence-corrected chi connectivity index (χ2v) is 34.9. The summed E-state index contributed by atoms with van der Waals surface area (Å²) < 4.78 is 0. The molecule has 21 aromatic rings. The zero-order valence-electron chi connectivity index (χ0n) is 74.3. The third kappa shape index (κ3) is 17.5. The first kappa shape index (κ1) is 92.5. The van der Waals surface area contributed by atoms with E-state index < -0.39 is 0 Å². The molecule has 652 valence electrons. The molecule has 0 saturated heterocycles. The SMILES string of the molecule is CC(=[OH+])C=C(C)O.CC1(C)c2ccccc2-c2c[c-]c(-c3cc4c(ccc5ccccc54)cn3)cc21.CC1(C)c2ccccc2-c2ccc(-c3c[c-]c(-c4cc5c(ccc6ccccc65)cn4)cc3)cc21.CCC1(CC)c2ccccc2-c2ccc(-c3c[c-]c(-c4cc5c(ccc6ccccc65)cn4)cc3)cc21.[Ir].[Ir].[Ir].[Ir].[c-]1ccccc1-c1cc2c(ccc3ccccc32)cn1. The van der Waals surface area contributed by atoms with Crippen molar-refractivity contribution in [3.63, 3.8) is 0 Å². The van der Waals surface area contributed by atoms with Gasteiger partial charge < -0.3 is 25.0 Å². The number of aliphatic hydroxyl groups is 1. The largest absolute Gasteiger partial charge is 0.512 e. The first-order chi connectivity index (χ1) is 62.5. The Balaban J connectivity index is 0.000000126. The molecule has 0 fully saturated rings. The number of ketones is 1. The topological polar surface area (TPSA) is 93.2 Å². The Kier molecular flexibility index (Phi) is 27.3. The van der Waals surface area contributed by atoms with E-state index in [2.05, 4.69) is 398 Å². The Bertz CT molecular complexity index is 7980. The van der Waals surface area contributed by atoms with Crippen LogP contribution in [0.25, 0.3) is 187 Å². The Morgan fingerprint density at radius 2 is 0.606 bits per heavy atom. The number of hydrogen-bond acceptors (Lipinski definition) is 5. The monoisotopic (exact) mass is 2420 g/mol. The molecule has 0 spiro atoms. The van der Waals surface area contributed by atoms with E-state index in [0.29, 0.717) is 0 Å². The average Bonchev–Trinajstić information content (AvgIpc) is 1.49. The third-order valence-corrected chi connectivity index (χ3v) is 26.6. The number of aromatic nitrogens is 4. The minimum absolute atomic E-state index is 0. The van der Waals surface area contributed by atoms with Crippen molar-refractivity contribution in [2.24, 2.45) is 0 Å². The molecular formula is C122H93Ir4N4O2-3. The number of nitrogens with zero attached hydrogens (tertiary/aromatic N) is 4. The molecule has 3 aliphatic carbocycles. The Morgan fingerprint density at radius 3 is 0.985 bits per heavy atom. The molecule has 4 heterocycles. The van der Waals surface area contributed by atoms with Crippen molar-refractivity contribution >= 4 is 92.0 Å². The van der Waals surface area contributed by atoms with Crippen molar-refractivity contribution in [2.75, 3.05) is 0 Å². The van der Waals surface area contributed by atoms with Crippen LogP contribution in [0.3, 0.4) is 0 Å². The quantitative estimate of drug-likeness (QED) is 0.0511. The molecule has 24 rings (SSSR count). The molecule has 17 aromatic carbocycles. The van der Waals surface area contributed by atoms with Crippen molar-refractivity contribution in [1.82, 2.24) is 19.9 Å². The molecule has 0 bridgehead atoms. The van der Waals surface area contributed by atoms with E-state index in [9.17, 15) is 0 Å². The van der Waals surface area contributed by atoms with Crippen LogP contribution in [-0.4, -0.2) is 35.6 Å². The molecule has 0 saturated carbocycles. The van der Waals surface area contributed by atoms with E-state index in [0.717, 1.165) is 68.6 Å². The number of rotatable bonds is 9. The maximum absolute atomic E-state index is 8.40. The Labute approximate surface area is 825 Å². The van der Waals surface area contributed by atoms with Crippen LogP contribution >= 0.6 is 0 Å². The molecule has 0 unspecified atom stereocenters. The molecule has 132 heavy (non-hydrogen) atoms. The Morgan fingerprint density at radius 1 is 0.288 bits per heavy atom. The predicted molar refractivity (Wildman–Crippen MR) is 536 cm³/mol. The second kappa shape index (κ2) is 39.0. The summed E-state index contributed by atoms with van der Waals surface area (Å²) in [6, 6.07) is 139. The third-order valence-electron chi connectivity index (χ3n) is 26.6. The number of benzene rings is 17. The van der Waals surface area contributed by atoms with Gasteiger partial charge in [-0.15, -0.1) is 125 Å². The van der Waals surface area contributed by atoms with Crippen LogP contribution in [0.2, 0.25) is 0 Å². The summed E-state index contributed by atoms with van der Waals surface area (Å²) in [7, 11) is 0. The summed E-state index contributed by atoms with van der Waals surface area (Å²) in [6.07, 6.45) is 11.4. The fraction of sp³-hybridized carbons (Fsp3) is 0.107. The van der Waals surface area contributed by atoms with E-state index in [1.54, 1.807) is 0 Å². The number of aliphatic hydroxyl groups excluding tert-OH is 1. The van der Waals surface area contributed by atoms with Gasteiger partial charge in [0.15, 0.2) is 0 Å². The maximum Gasteiger partial charge on any atom is 0.316 e. The van der Waals surface area contributed by atoms with Crippen LogP contribution in [0.1, 0.15) is 102 Å². The molecular weight excluding hydrogens is 2320 g/mol. The summed E-state index contributed by atoms with van der Waals surface area (Å²) in [4.78, 5) is 27.2. The molecule has 0 atom stereocenters. The molecule has 4 aromatic heterocycles. The van der Waals surface area contributed by atoms with Crippen LogP contribution in [0.4, 0.5) is 0 Å². The molecule has 10 heteroatoms. The standard InChI is InChI=1S/C36H28N.C34H24N.C28H20N.C19H12N.C5H8O2.4Ir/c1-3-36(4-2)33-12-8-7-11-30(33)31-20-19-27(21-34(31)36)24-13-16-26(17-14-24)35-22-32-28(23-37-35)18-15-25-9-5-6-10-29(25)32;1-34(2)31-10-6-5-9-28(31)29-18-17-25(19-32(29)34)22-11-14-24(15-12-22)33-20-30-26(21-35-33)16-13-23-7-3-4-8-27(23)30;1-28(2)25-10-6-5-9-22(25)23-14-13-19(15-26(23)28)27-16-24-20(17-29-27)12-11-18-7-3-4-8-21(18)24;1-2-7-15(8-3-1)19-12-18-16(13-20-19)11-10-14-6-4-5-9-17(14)18;1-4(6)3-5(2)7;;;;/h5-16,18-23H,3-4H2,1-2H3;3-14,16-21H,1-2H3;3-12,14-17H,1-2H3;1-7,9-13H;3,6H,1-2H3;;;;/q4*-1;;;;;/p+1. The molecule has 4 radical (unpaired) electrons. The van der Waals surface area contributed by atoms with Crippen LogP contribution in [0.15, 0.2) is 388 Å². The van der Waals surface area contributed by atoms with Gasteiger partial charge in [0.05, 0.1) is 18.8 Å². The fourth-order valence-electron chi connectivity index (χ4n) is 19.9. The van der Waals surface area contributed by atoms with Gasteiger partial charge in [-0.2, -0.15) is 0 Å². The average molecular weight is 2420 g/mol. The van der Waals surface area contributed by atoms with Crippen LogP contribution in [-0.2, 0) is 96.7 Å². The summed E-state index contributed by atoms with van der Waals surface area (Å²) in [5.41, 5.74) is 29.5. The molecule has 0 amide bonds. The number of carbonyl (C=O) groups excluding carboxylic acids is 1. The van der Waals surface area contributed by atoms with Gasteiger partial charge in [-0.05, 0) is 184 Å². The van der Waals surface area contributed by atoms with Gasteiger partial charge in [0, 0.05) is 116 Å². The first-order valence-corrected chi connectivity index (χ1v) is 44.2. The van der Waals surface area contributed by atoms with Gasteiger partial charge in [0.25, 0.3) is 0 Å². The van der Waals surface area contributed by atoms with E-state index in [1.807, 2.05) is 49.1 Å². The van der Waals surface area contributed by atoms with Gasteiger partial charge >= 0.3 is 5.78 Å². The van der Waals surface area contributed by atoms with Crippen molar-refractivity contribution < 1.29 is 90.3 Å². The number of allylic oxidation sites excluding steroid dienone is 2. The number of fused-ring (bicyclic) bond motifs is 21. The summed E-state index contributed by atoms with van der Waals surface area (Å²) >= 11 is 0. The number of hydrogen-bond donors (Lipinski definition) is 1. The zero-order valence-corrected chi connectivity index (χ0v) is 83.9. The minimum Gasteiger partial charge on any atom is -0.512 e. The smallest absolute Gasteiger partial charge is 0.316 e. The normalized spacial score (nSPS) is 12.8. The number of pyridine rings is 4. The van der Waals surface area contributed by atoms with Crippen LogP contribution in [0, 0.1) is 24.3 Å². The van der Waals surface area contributed by atoms with Crippen molar-refractivity contribution in [3.05, 3.63) is 446 Å². The van der Waals surface area contributed by atoms with E-state index in [4.69, 9.17) is 24.9 Å². The molecule has 6 nitrogen and oxygen atoms in total. The Hall–Kier alpha value is -12.8. The predicted octanol–water partition coefficient (Wildman–Crippen LogP) is 31.5. The van der Waals surface area contributed by atoms with Crippen LogP contribution in [0.5, 0.6) is 0 Å².